The largest absolute Gasteiger partial charge is 0.380 e. The van der Waals surface area contributed by atoms with E-state index in [2.05, 4.69) is 29.2 Å². The molecule has 1 saturated heterocycles. The minimum Gasteiger partial charge on any atom is -0.380 e. The number of carbonyl (C=O) groups excluding carboxylic acids is 1. The van der Waals surface area contributed by atoms with Crippen molar-refractivity contribution >= 4 is 5.91 Å². The van der Waals surface area contributed by atoms with Crippen molar-refractivity contribution in [2.24, 2.45) is 0 Å². The van der Waals surface area contributed by atoms with Crippen LogP contribution in [0.5, 0.6) is 0 Å². The van der Waals surface area contributed by atoms with Crippen molar-refractivity contribution in [3.8, 4) is 0 Å². The lowest BCUT2D eigenvalue weighted by Crippen LogP contribution is -2.35. The van der Waals surface area contributed by atoms with Gasteiger partial charge in [0.25, 0.3) is 5.91 Å². The number of rotatable bonds is 5. The van der Waals surface area contributed by atoms with Crippen molar-refractivity contribution in [3.63, 3.8) is 0 Å². The van der Waals surface area contributed by atoms with Gasteiger partial charge in [0.2, 0.25) is 0 Å². The van der Waals surface area contributed by atoms with Gasteiger partial charge in [0.1, 0.15) is 0 Å². The molecular formula is C21H26N2O2. The lowest BCUT2D eigenvalue weighted by atomic mass is 10.1. The molecule has 1 aliphatic rings. The zero-order valence-electron chi connectivity index (χ0n) is 14.9. The van der Waals surface area contributed by atoms with E-state index in [0.29, 0.717) is 6.61 Å². The fourth-order valence-corrected chi connectivity index (χ4v) is 3.32. The van der Waals surface area contributed by atoms with E-state index < -0.39 is 0 Å². The average Bonchev–Trinajstić information content (AvgIpc) is 2.88. The molecule has 1 amide bonds. The Morgan fingerprint density at radius 2 is 1.76 bits per heavy atom. The van der Waals surface area contributed by atoms with E-state index in [1.54, 1.807) is 7.11 Å². The van der Waals surface area contributed by atoms with Gasteiger partial charge >= 0.3 is 0 Å². The molecule has 0 atom stereocenters. The summed E-state index contributed by atoms with van der Waals surface area (Å²) >= 11 is 0. The molecule has 0 spiro atoms. The third-order valence-corrected chi connectivity index (χ3v) is 4.61. The van der Waals surface area contributed by atoms with Crippen molar-refractivity contribution in [1.29, 1.82) is 0 Å². The van der Waals surface area contributed by atoms with Gasteiger partial charge in [-0.25, -0.2) is 0 Å². The Labute approximate surface area is 150 Å². The molecule has 0 aromatic heterocycles. The quantitative estimate of drug-likeness (QED) is 0.839. The lowest BCUT2D eigenvalue weighted by molar-refractivity contribution is 0.0760. The summed E-state index contributed by atoms with van der Waals surface area (Å²) in [7, 11) is 1.67. The minimum absolute atomic E-state index is 0.125. The first-order chi connectivity index (χ1) is 12.3. The summed E-state index contributed by atoms with van der Waals surface area (Å²) in [4.78, 5) is 17.3. The van der Waals surface area contributed by atoms with Crippen molar-refractivity contribution in [2.45, 2.75) is 19.6 Å². The van der Waals surface area contributed by atoms with Gasteiger partial charge in [0.05, 0.1) is 6.61 Å². The number of amides is 1. The Bertz CT molecular complexity index is 687. The predicted molar refractivity (Wildman–Crippen MR) is 99.4 cm³/mol. The number of carbonyl (C=O) groups is 1. The molecule has 1 fully saturated rings. The number of hydrogen-bond donors (Lipinski definition) is 0. The smallest absolute Gasteiger partial charge is 0.253 e. The van der Waals surface area contributed by atoms with Crippen LogP contribution >= 0.6 is 0 Å². The molecule has 0 bridgehead atoms. The van der Waals surface area contributed by atoms with Gasteiger partial charge in [-0.2, -0.15) is 0 Å². The first kappa shape index (κ1) is 17.6. The van der Waals surface area contributed by atoms with Crippen molar-refractivity contribution < 1.29 is 9.53 Å². The molecule has 1 heterocycles. The van der Waals surface area contributed by atoms with Crippen LogP contribution < -0.4 is 0 Å². The Morgan fingerprint density at radius 1 is 0.960 bits per heavy atom. The van der Waals surface area contributed by atoms with Gasteiger partial charge < -0.3 is 9.64 Å². The zero-order chi connectivity index (χ0) is 17.5. The third kappa shape index (κ3) is 4.91. The number of ether oxygens (including phenoxy) is 1. The van der Waals surface area contributed by atoms with Gasteiger partial charge in [0, 0.05) is 45.4 Å². The fraction of sp³-hybridized carbons (Fsp3) is 0.381. The van der Waals surface area contributed by atoms with E-state index in [4.69, 9.17) is 4.74 Å². The van der Waals surface area contributed by atoms with Crippen LogP contribution in [-0.2, 0) is 17.9 Å². The number of benzene rings is 2. The van der Waals surface area contributed by atoms with E-state index in [1.807, 2.05) is 35.2 Å². The van der Waals surface area contributed by atoms with Crippen LogP contribution in [0.25, 0.3) is 0 Å². The predicted octanol–water partition coefficient (Wildman–Crippen LogP) is 3.18. The summed E-state index contributed by atoms with van der Waals surface area (Å²) in [5.74, 6) is 0.125. The molecule has 132 valence electrons. The van der Waals surface area contributed by atoms with Crippen molar-refractivity contribution in [2.75, 3.05) is 33.3 Å². The van der Waals surface area contributed by atoms with Crippen LogP contribution in [-0.4, -0.2) is 49.0 Å². The molecule has 0 N–H and O–H groups in total. The minimum atomic E-state index is 0.125. The second-order valence-corrected chi connectivity index (χ2v) is 6.54. The van der Waals surface area contributed by atoms with E-state index in [9.17, 15) is 4.79 Å². The summed E-state index contributed by atoms with van der Waals surface area (Å²) < 4.78 is 5.17. The molecule has 0 aliphatic carbocycles. The second kappa shape index (κ2) is 8.79. The standard InChI is InChI=1S/C21H26N2O2/c1-25-17-19-9-5-10-20(15-19)21(24)23-12-6-11-22(13-14-23)16-18-7-3-2-4-8-18/h2-5,7-10,15H,6,11-14,16-17H2,1H3. The van der Waals surface area contributed by atoms with E-state index in [1.165, 1.54) is 5.56 Å². The fourth-order valence-electron chi connectivity index (χ4n) is 3.32. The SMILES string of the molecule is COCc1cccc(C(=O)N2CCCN(Cc3ccccc3)CC2)c1. The highest BCUT2D eigenvalue weighted by Crippen LogP contribution is 2.13. The van der Waals surface area contributed by atoms with Crippen LogP contribution in [0.4, 0.5) is 0 Å². The maximum absolute atomic E-state index is 12.8. The van der Waals surface area contributed by atoms with Gasteiger partial charge in [-0.1, -0.05) is 42.5 Å². The van der Waals surface area contributed by atoms with Crippen molar-refractivity contribution in [1.82, 2.24) is 9.80 Å². The Balaban J connectivity index is 1.60. The highest BCUT2D eigenvalue weighted by molar-refractivity contribution is 5.94. The van der Waals surface area contributed by atoms with Crippen LogP contribution in [0.15, 0.2) is 54.6 Å². The van der Waals surface area contributed by atoms with Crippen LogP contribution in [0.2, 0.25) is 0 Å². The van der Waals surface area contributed by atoms with E-state index in [0.717, 1.165) is 50.3 Å². The normalized spacial score (nSPS) is 15.8. The Hall–Kier alpha value is -2.17. The zero-order valence-corrected chi connectivity index (χ0v) is 14.9. The highest BCUT2D eigenvalue weighted by Gasteiger charge is 2.20. The molecule has 0 radical (unpaired) electrons. The third-order valence-electron chi connectivity index (χ3n) is 4.61. The topological polar surface area (TPSA) is 32.8 Å². The molecule has 2 aromatic carbocycles. The van der Waals surface area contributed by atoms with E-state index >= 15 is 0 Å². The second-order valence-electron chi connectivity index (χ2n) is 6.54. The first-order valence-electron chi connectivity index (χ1n) is 8.89. The highest BCUT2D eigenvalue weighted by atomic mass is 16.5. The van der Waals surface area contributed by atoms with Gasteiger partial charge in [-0.15, -0.1) is 0 Å². The first-order valence-corrected chi connectivity index (χ1v) is 8.89. The monoisotopic (exact) mass is 338 g/mol. The average molecular weight is 338 g/mol. The Morgan fingerprint density at radius 3 is 2.56 bits per heavy atom. The van der Waals surface area contributed by atoms with Gasteiger partial charge in [0.15, 0.2) is 0 Å². The molecule has 0 saturated carbocycles. The number of nitrogens with zero attached hydrogens (tertiary/aromatic N) is 2. The summed E-state index contributed by atoms with van der Waals surface area (Å²) in [5, 5.41) is 0. The lowest BCUT2D eigenvalue weighted by Gasteiger charge is -2.22. The molecule has 0 unspecified atom stereocenters. The van der Waals surface area contributed by atoms with E-state index in [-0.39, 0.29) is 5.91 Å². The van der Waals surface area contributed by atoms with Crippen LogP contribution in [0.1, 0.15) is 27.9 Å². The van der Waals surface area contributed by atoms with Crippen LogP contribution in [0, 0.1) is 0 Å². The molecule has 4 heteroatoms. The Kier molecular flexibility index (Phi) is 6.20. The number of methoxy groups -OCH3 is 1. The molecule has 3 rings (SSSR count). The maximum atomic E-state index is 12.8. The summed E-state index contributed by atoms with van der Waals surface area (Å²) in [6.45, 7) is 5.03. The summed E-state index contributed by atoms with van der Waals surface area (Å²) in [6.07, 6.45) is 1.01. The van der Waals surface area contributed by atoms with Gasteiger partial charge in [-0.3, -0.25) is 9.69 Å². The number of hydrogen-bond acceptors (Lipinski definition) is 3. The molecule has 25 heavy (non-hydrogen) atoms. The summed E-state index contributed by atoms with van der Waals surface area (Å²) in [6, 6.07) is 18.3. The molecule has 4 nitrogen and oxygen atoms in total. The van der Waals surface area contributed by atoms with Gasteiger partial charge in [-0.05, 0) is 29.7 Å². The maximum Gasteiger partial charge on any atom is 0.253 e. The molecular weight excluding hydrogens is 312 g/mol. The molecule has 2 aromatic rings. The van der Waals surface area contributed by atoms with Crippen LogP contribution in [0.3, 0.4) is 0 Å². The summed E-state index contributed by atoms with van der Waals surface area (Å²) in [5.41, 5.74) is 3.12. The molecule has 1 aliphatic heterocycles. The van der Waals surface area contributed by atoms with Crippen molar-refractivity contribution in [3.05, 3.63) is 71.3 Å².